The van der Waals surface area contributed by atoms with E-state index in [1.807, 2.05) is 20.8 Å². The summed E-state index contributed by atoms with van der Waals surface area (Å²) in [4.78, 5) is 26.5. The Labute approximate surface area is 121 Å². The number of nitrogens with zero attached hydrogens (tertiary/aromatic N) is 1. The smallest absolute Gasteiger partial charge is 0.246 e. The van der Waals surface area contributed by atoms with Crippen molar-refractivity contribution in [3.63, 3.8) is 0 Å². The highest BCUT2D eigenvalue weighted by atomic mass is 16.5. The first-order chi connectivity index (χ1) is 9.38. The molecule has 2 heterocycles. The maximum Gasteiger partial charge on any atom is 0.246 e. The Kier molecular flexibility index (Phi) is 4.37. The molecule has 2 saturated heterocycles. The fraction of sp³-hybridized carbons (Fsp3) is 0.867. The van der Waals surface area contributed by atoms with Crippen LogP contribution < -0.4 is 5.32 Å². The molecule has 2 fully saturated rings. The molecule has 20 heavy (non-hydrogen) atoms. The predicted molar refractivity (Wildman–Crippen MR) is 76.2 cm³/mol. The lowest BCUT2D eigenvalue weighted by Gasteiger charge is -2.42. The topological polar surface area (TPSA) is 58.6 Å². The van der Waals surface area contributed by atoms with E-state index in [-0.39, 0.29) is 23.3 Å². The lowest BCUT2D eigenvalue weighted by molar-refractivity contribution is -0.154. The van der Waals surface area contributed by atoms with Crippen LogP contribution in [-0.2, 0) is 14.3 Å². The second-order valence-corrected chi connectivity index (χ2v) is 6.42. The Hall–Kier alpha value is -1.10. The van der Waals surface area contributed by atoms with E-state index in [2.05, 4.69) is 5.32 Å². The standard InChI is InChI=1S/C15H26N2O3/c1-5-10(2)12-14(19)17(11(3)13(18)16-12)9-15(4)7-6-8-20-15/h10-12H,5-9H2,1-4H3,(H,16,18). The van der Waals surface area contributed by atoms with Gasteiger partial charge in [0.1, 0.15) is 12.1 Å². The van der Waals surface area contributed by atoms with Crippen molar-refractivity contribution < 1.29 is 14.3 Å². The van der Waals surface area contributed by atoms with Gasteiger partial charge in [-0.05, 0) is 32.6 Å². The zero-order valence-electron chi connectivity index (χ0n) is 12.9. The van der Waals surface area contributed by atoms with Gasteiger partial charge in [0.05, 0.1) is 12.1 Å². The molecule has 5 nitrogen and oxygen atoms in total. The first-order valence-electron chi connectivity index (χ1n) is 7.63. The molecule has 0 aromatic rings. The minimum absolute atomic E-state index is 0.0307. The van der Waals surface area contributed by atoms with Gasteiger partial charge in [-0.3, -0.25) is 9.59 Å². The third kappa shape index (κ3) is 2.82. The van der Waals surface area contributed by atoms with Crippen molar-refractivity contribution in [2.24, 2.45) is 5.92 Å². The van der Waals surface area contributed by atoms with Crippen LogP contribution >= 0.6 is 0 Å². The quantitative estimate of drug-likeness (QED) is 0.846. The van der Waals surface area contributed by atoms with Crippen LogP contribution in [0, 0.1) is 5.92 Å². The van der Waals surface area contributed by atoms with Gasteiger partial charge in [-0.2, -0.15) is 0 Å². The number of hydrogen-bond donors (Lipinski definition) is 1. The Morgan fingerprint density at radius 2 is 2.20 bits per heavy atom. The summed E-state index contributed by atoms with van der Waals surface area (Å²) in [5, 5.41) is 2.86. The summed E-state index contributed by atoms with van der Waals surface area (Å²) in [5.74, 6) is 0.124. The van der Waals surface area contributed by atoms with Gasteiger partial charge in [0, 0.05) is 6.61 Å². The van der Waals surface area contributed by atoms with Crippen LogP contribution in [-0.4, -0.2) is 47.6 Å². The molecule has 2 aliphatic heterocycles. The minimum Gasteiger partial charge on any atom is -0.373 e. The van der Waals surface area contributed by atoms with Crippen LogP contribution in [0.15, 0.2) is 0 Å². The largest absolute Gasteiger partial charge is 0.373 e. The lowest BCUT2D eigenvalue weighted by Crippen LogP contribution is -2.66. The summed E-state index contributed by atoms with van der Waals surface area (Å²) in [6.45, 7) is 9.11. The SMILES string of the molecule is CCC(C)C1NC(=O)C(C)N(CC2(C)CCCO2)C1=O. The van der Waals surface area contributed by atoms with Crippen molar-refractivity contribution in [1.29, 1.82) is 0 Å². The van der Waals surface area contributed by atoms with Crippen molar-refractivity contribution in [1.82, 2.24) is 10.2 Å². The molecule has 0 aromatic carbocycles. The van der Waals surface area contributed by atoms with Crippen LogP contribution in [0.3, 0.4) is 0 Å². The third-order valence-corrected chi connectivity index (χ3v) is 4.71. The summed E-state index contributed by atoms with van der Waals surface area (Å²) in [7, 11) is 0. The molecule has 2 amide bonds. The molecule has 5 heteroatoms. The van der Waals surface area contributed by atoms with Gasteiger partial charge in [-0.15, -0.1) is 0 Å². The highest BCUT2D eigenvalue weighted by Crippen LogP contribution is 2.28. The fourth-order valence-electron chi connectivity index (χ4n) is 3.00. The summed E-state index contributed by atoms with van der Waals surface area (Å²) in [6, 6.07) is -0.808. The number of carbonyl (C=O) groups is 2. The van der Waals surface area contributed by atoms with Crippen molar-refractivity contribution in [3.8, 4) is 0 Å². The summed E-state index contributed by atoms with van der Waals surface area (Å²) in [6.07, 6.45) is 2.83. The van der Waals surface area contributed by atoms with E-state index in [4.69, 9.17) is 4.74 Å². The van der Waals surface area contributed by atoms with Crippen LogP contribution in [0.2, 0.25) is 0 Å². The molecule has 114 valence electrons. The molecule has 1 N–H and O–H groups in total. The molecule has 2 aliphatic rings. The molecular formula is C15H26N2O3. The summed E-state index contributed by atoms with van der Waals surface area (Å²) in [5.41, 5.74) is -0.304. The Bertz CT molecular complexity index is 391. The van der Waals surface area contributed by atoms with Gasteiger partial charge in [0.2, 0.25) is 11.8 Å². The first kappa shape index (κ1) is 15.3. The number of piperazine rings is 1. The van der Waals surface area contributed by atoms with Crippen molar-refractivity contribution in [2.45, 2.75) is 64.6 Å². The van der Waals surface area contributed by atoms with E-state index >= 15 is 0 Å². The average molecular weight is 282 g/mol. The summed E-state index contributed by atoms with van der Waals surface area (Å²) >= 11 is 0. The molecule has 0 spiro atoms. The zero-order chi connectivity index (χ0) is 14.9. The Balaban J connectivity index is 2.15. The van der Waals surface area contributed by atoms with Gasteiger partial charge < -0.3 is 15.0 Å². The number of ether oxygens (including phenoxy) is 1. The number of hydrogen-bond acceptors (Lipinski definition) is 3. The second-order valence-electron chi connectivity index (χ2n) is 6.42. The Morgan fingerprint density at radius 3 is 2.75 bits per heavy atom. The average Bonchev–Trinajstić information content (AvgIpc) is 2.85. The number of nitrogens with one attached hydrogen (secondary N) is 1. The van der Waals surface area contributed by atoms with Crippen molar-refractivity contribution >= 4 is 11.8 Å². The molecule has 0 aromatic heterocycles. The molecular weight excluding hydrogens is 256 g/mol. The van der Waals surface area contributed by atoms with Gasteiger partial charge in [0.25, 0.3) is 0 Å². The van der Waals surface area contributed by atoms with Crippen LogP contribution in [0.4, 0.5) is 0 Å². The molecule has 4 atom stereocenters. The molecule has 2 rings (SSSR count). The molecule has 0 bridgehead atoms. The number of carbonyl (C=O) groups excluding carboxylic acids is 2. The van der Waals surface area contributed by atoms with Gasteiger partial charge in [-0.25, -0.2) is 0 Å². The number of amides is 2. The van der Waals surface area contributed by atoms with Crippen LogP contribution in [0.25, 0.3) is 0 Å². The van der Waals surface area contributed by atoms with E-state index in [1.165, 1.54) is 0 Å². The second kappa shape index (κ2) is 5.72. The van der Waals surface area contributed by atoms with Gasteiger partial charge in [-0.1, -0.05) is 20.3 Å². The Morgan fingerprint density at radius 1 is 1.50 bits per heavy atom. The normalized spacial score (nSPS) is 36.1. The highest BCUT2D eigenvalue weighted by Gasteiger charge is 2.43. The monoisotopic (exact) mass is 282 g/mol. The number of rotatable bonds is 4. The first-order valence-corrected chi connectivity index (χ1v) is 7.63. The predicted octanol–water partition coefficient (Wildman–Crippen LogP) is 1.32. The van der Waals surface area contributed by atoms with E-state index in [0.29, 0.717) is 6.54 Å². The lowest BCUT2D eigenvalue weighted by atomic mass is 9.93. The fourth-order valence-corrected chi connectivity index (χ4v) is 3.00. The van der Waals surface area contributed by atoms with Gasteiger partial charge >= 0.3 is 0 Å². The third-order valence-electron chi connectivity index (χ3n) is 4.71. The minimum atomic E-state index is -0.413. The maximum atomic E-state index is 12.7. The van der Waals surface area contributed by atoms with E-state index < -0.39 is 12.1 Å². The van der Waals surface area contributed by atoms with E-state index in [1.54, 1.807) is 11.8 Å². The van der Waals surface area contributed by atoms with Crippen molar-refractivity contribution in [2.75, 3.05) is 13.2 Å². The highest BCUT2D eigenvalue weighted by molar-refractivity contribution is 5.96. The molecule has 0 saturated carbocycles. The van der Waals surface area contributed by atoms with Crippen LogP contribution in [0.1, 0.15) is 47.0 Å². The molecule has 0 aliphatic carbocycles. The van der Waals surface area contributed by atoms with Crippen molar-refractivity contribution in [3.05, 3.63) is 0 Å². The maximum absolute atomic E-state index is 12.7. The van der Waals surface area contributed by atoms with E-state index in [9.17, 15) is 9.59 Å². The summed E-state index contributed by atoms with van der Waals surface area (Å²) < 4.78 is 5.77. The zero-order valence-corrected chi connectivity index (χ0v) is 12.9. The van der Waals surface area contributed by atoms with E-state index in [0.717, 1.165) is 25.9 Å². The molecule has 4 unspecified atom stereocenters. The van der Waals surface area contributed by atoms with Gasteiger partial charge in [0.15, 0.2) is 0 Å². The molecule has 0 radical (unpaired) electrons. The van der Waals surface area contributed by atoms with Crippen LogP contribution in [0.5, 0.6) is 0 Å².